The van der Waals surface area contributed by atoms with Crippen LogP contribution in [0, 0.1) is 0 Å². The number of nitrogens with zero attached hydrogens (tertiary/aromatic N) is 3. The summed E-state index contributed by atoms with van der Waals surface area (Å²) in [6, 6.07) is 11.4. The third-order valence-electron chi connectivity index (χ3n) is 5.02. The first-order valence-electron chi connectivity index (χ1n) is 9.33. The lowest BCUT2D eigenvalue weighted by atomic mass is 10.2. The van der Waals surface area contributed by atoms with Gasteiger partial charge in [-0.25, -0.2) is 4.98 Å². The first kappa shape index (κ1) is 18.3. The molecule has 1 fully saturated rings. The van der Waals surface area contributed by atoms with Crippen LogP contribution in [0.15, 0.2) is 42.5 Å². The summed E-state index contributed by atoms with van der Waals surface area (Å²) in [4.78, 5) is 21.4. The van der Waals surface area contributed by atoms with E-state index in [4.69, 9.17) is 26.1 Å². The molecule has 3 heterocycles. The number of fused-ring (bicyclic) bond motifs is 2. The topological polar surface area (TPSA) is 54.9 Å². The maximum atomic E-state index is 12.6. The summed E-state index contributed by atoms with van der Waals surface area (Å²) in [6.45, 7) is 3.10. The van der Waals surface area contributed by atoms with E-state index in [0.29, 0.717) is 18.8 Å². The molecule has 148 valence electrons. The molecule has 1 amide bonds. The third-order valence-corrected chi connectivity index (χ3v) is 6.33. The molecule has 2 aliphatic heterocycles. The number of thiazole rings is 1. The largest absolute Gasteiger partial charge is 0.454 e. The van der Waals surface area contributed by atoms with Crippen LogP contribution in [0.25, 0.3) is 16.3 Å². The van der Waals surface area contributed by atoms with E-state index in [1.165, 1.54) is 0 Å². The Bertz CT molecular complexity index is 1110. The van der Waals surface area contributed by atoms with E-state index in [-0.39, 0.29) is 12.7 Å². The van der Waals surface area contributed by atoms with Crippen molar-refractivity contribution < 1.29 is 14.3 Å². The Labute approximate surface area is 176 Å². The normalized spacial score (nSPS) is 16.2. The Hall–Kier alpha value is -2.77. The molecule has 29 heavy (non-hydrogen) atoms. The van der Waals surface area contributed by atoms with E-state index in [2.05, 4.69) is 4.90 Å². The number of carbonyl (C=O) groups is 1. The average Bonchev–Trinajstić information content (AvgIpc) is 3.38. The van der Waals surface area contributed by atoms with Crippen LogP contribution in [-0.2, 0) is 4.79 Å². The van der Waals surface area contributed by atoms with Crippen LogP contribution in [-0.4, -0.2) is 48.8 Å². The highest BCUT2D eigenvalue weighted by atomic mass is 35.5. The Morgan fingerprint density at radius 1 is 1.07 bits per heavy atom. The van der Waals surface area contributed by atoms with Gasteiger partial charge in [0.05, 0.1) is 10.2 Å². The van der Waals surface area contributed by atoms with Crippen molar-refractivity contribution in [3.8, 4) is 11.5 Å². The van der Waals surface area contributed by atoms with Gasteiger partial charge in [-0.1, -0.05) is 29.0 Å². The highest BCUT2D eigenvalue weighted by Crippen LogP contribution is 2.33. The number of hydrogen-bond donors (Lipinski definition) is 0. The van der Waals surface area contributed by atoms with Crippen LogP contribution in [0.4, 0.5) is 5.13 Å². The van der Waals surface area contributed by atoms with E-state index < -0.39 is 0 Å². The zero-order chi connectivity index (χ0) is 19.8. The molecule has 0 aliphatic carbocycles. The quantitative estimate of drug-likeness (QED) is 0.590. The van der Waals surface area contributed by atoms with Crippen LogP contribution in [0.2, 0.25) is 5.02 Å². The maximum Gasteiger partial charge on any atom is 0.246 e. The highest BCUT2D eigenvalue weighted by molar-refractivity contribution is 7.22. The maximum absolute atomic E-state index is 12.6. The number of aromatic nitrogens is 1. The third kappa shape index (κ3) is 3.75. The minimum Gasteiger partial charge on any atom is -0.454 e. The van der Waals surface area contributed by atoms with Gasteiger partial charge in [-0.2, -0.15) is 0 Å². The van der Waals surface area contributed by atoms with E-state index in [0.717, 1.165) is 44.8 Å². The van der Waals surface area contributed by atoms with Gasteiger partial charge in [0.2, 0.25) is 12.7 Å². The van der Waals surface area contributed by atoms with Crippen molar-refractivity contribution in [1.82, 2.24) is 9.88 Å². The number of piperazine rings is 1. The summed E-state index contributed by atoms with van der Waals surface area (Å²) >= 11 is 7.71. The van der Waals surface area contributed by atoms with Gasteiger partial charge < -0.3 is 19.3 Å². The van der Waals surface area contributed by atoms with E-state index in [9.17, 15) is 4.79 Å². The molecule has 1 aromatic heterocycles. The predicted molar refractivity (Wildman–Crippen MR) is 115 cm³/mol. The molecule has 0 saturated carbocycles. The lowest BCUT2D eigenvalue weighted by molar-refractivity contribution is -0.126. The second kappa shape index (κ2) is 7.57. The molecular formula is C21H18ClN3O3S. The highest BCUT2D eigenvalue weighted by Gasteiger charge is 2.22. The molecule has 0 radical (unpaired) electrons. The molecule has 0 bridgehead atoms. The Morgan fingerprint density at radius 3 is 2.76 bits per heavy atom. The van der Waals surface area contributed by atoms with Crippen molar-refractivity contribution in [2.45, 2.75) is 0 Å². The molecular weight excluding hydrogens is 410 g/mol. The van der Waals surface area contributed by atoms with Gasteiger partial charge in [0, 0.05) is 37.3 Å². The molecule has 0 N–H and O–H groups in total. The van der Waals surface area contributed by atoms with Crippen LogP contribution < -0.4 is 14.4 Å². The zero-order valence-corrected chi connectivity index (χ0v) is 17.1. The molecule has 0 atom stereocenters. The molecule has 2 aliphatic rings. The van der Waals surface area contributed by atoms with Crippen molar-refractivity contribution in [2.75, 3.05) is 37.9 Å². The standard InChI is InChI=1S/C21H18ClN3O3S/c22-15-3-4-16-19(12-15)29-21(23-16)25-9-7-24(8-10-25)20(26)6-2-14-1-5-17-18(11-14)28-13-27-17/h1-6,11-12H,7-10,13H2/b6-2-. The van der Waals surface area contributed by atoms with Gasteiger partial charge in [-0.15, -0.1) is 0 Å². The summed E-state index contributed by atoms with van der Waals surface area (Å²) in [5.41, 5.74) is 1.87. The first-order chi connectivity index (χ1) is 14.2. The van der Waals surface area contributed by atoms with Crippen molar-refractivity contribution >= 4 is 50.3 Å². The second-order valence-corrected chi connectivity index (χ2v) is 8.31. The Kier molecular flexibility index (Phi) is 4.77. The summed E-state index contributed by atoms with van der Waals surface area (Å²) in [5, 5.41) is 1.70. The summed E-state index contributed by atoms with van der Waals surface area (Å²) in [7, 11) is 0. The minimum atomic E-state index is 0.0124. The number of hydrogen-bond acceptors (Lipinski definition) is 6. The lowest BCUT2D eigenvalue weighted by Gasteiger charge is -2.34. The number of rotatable bonds is 3. The van der Waals surface area contributed by atoms with Crippen molar-refractivity contribution in [2.24, 2.45) is 0 Å². The van der Waals surface area contributed by atoms with E-state index >= 15 is 0 Å². The lowest BCUT2D eigenvalue weighted by Crippen LogP contribution is -2.48. The van der Waals surface area contributed by atoms with Gasteiger partial charge in [0.15, 0.2) is 16.6 Å². The fourth-order valence-corrected chi connectivity index (χ4v) is 4.72. The number of ether oxygens (including phenoxy) is 2. The number of amides is 1. The molecule has 0 unspecified atom stereocenters. The zero-order valence-electron chi connectivity index (χ0n) is 15.5. The summed E-state index contributed by atoms with van der Waals surface area (Å²) in [6.07, 6.45) is 3.43. The molecule has 5 rings (SSSR count). The monoisotopic (exact) mass is 427 g/mol. The van der Waals surface area contributed by atoms with Gasteiger partial charge in [-0.3, -0.25) is 4.79 Å². The molecule has 8 heteroatoms. The van der Waals surface area contributed by atoms with Crippen molar-refractivity contribution in [1.29, 1.82) is 0 Å². The van der Waals surface area contributed by atoms with E-state index in [1.54, 1.807) is 17.4 Å². The SMILES string of the molecule is O=C(/C=C\c1ccc2c(c1)OCO2)N1CCN(c2nc3ccc(Cl)cc3s2)CC1. The predicted octanol–water partition coefficient (Wildman–Crippen LogP) is 4.04. The second-order valence-electron chi connectivity index (χ2n) is 6.87. The van der Waals surface area contributed by atoms with E-state index in [1.807, 2.05) is 47.4 Å². The van der Waals surface area contributed by atoms with Gasteiger partial charge in [0.1, 0.15) is 0 Å². The molecule has 6 nitrogen and oxygen atoms in total. The van der Waals surface area contributed by atoms with Crippen molar-refractivity contribution in [3.63, 3.8) is 0 Å². The van der Waals surface area contributed by atoms with Crippen molar-refractivity contribution in [3.05, 3.63) is 53.1 Å². The Morgan fingerprint density at radius 2 is 1.90 bits per heavy atom. The van der Waals surface area contributed by atoms with Crippen LogP contribution in [0.5, 0.6) is 11.5 Å². The van der Waals surface area contributed by atoms with Crippen LogP contribution in [0.3, 0.4) is 0 Å². The molecule has 2 aromatic carbocycles. The fourth-order valence-electron chi connectivity index (χ4n) is 3.43. The molecule has 3 aromatic rings. The molecule has 1 saturated heterocycles. The number of carbonyl (C=O) groups excluding carboxylic acids is 1. The van der Waals surface area contributed by atoms with Crippen LogP contribution >= 0.6 is 22.9 Å². The number of benzene rings is 2. The van der Waals surface area contributed by atoms with Crippen LogP contribution in [0.1, 0.15) is 5.56 Å². The summed E-state index contributed by atoms with van der Waals surface area (Å²) in [5.74, 6) is 1.46. The minimum absolute atomic E-state index is 0.0124. The average molecular weight is 428 g/mol. The smallest absolute Gasteiger partial charge is 0.246 e. The number of anilines is 1. The fraction of sp³-hybridized carbons (Fsp3) is 0.238. The number of halogens is 1. The molecule has 0 spiro atoms. The van der Waals surface area contributed by atoms with Gasteiger partial charge in [-0.05, 0) is 42.0 Å². The van der Waals surface area contributed by atoms with Gasteiger partial charge >= 0.3 is 0 Å². The first-order valence-corrected chi connectivity index (χ1v) is 10.5. The Balaban J connectivity index is 1.21. The van der Waals surface area contributed by atoms with Gasteiger partial charge in [0.25, 0.3) is 0 Å². The summed E-state index contributed by atoms with van der Waals surface area (Å²) < 4.78 is 11.8.